The molecule has 0 radical (unpaired) electrons. The predicted octanol–water partition coefficient (Wildman–Crippen LogP) is 2.73. The number of aryl methyl sites for hydroxylation is 1. The number of nitrogens with one attached hydrogen (secondary N) is 2. The summed E-state index contributed by atoms with van der Waals surface area (Å²) in [4.78, 5) is 4.51. The van der Waals surface area contributed by atoms with E-state index in [-0.39, 0.29) is 24.0 Å². The fraction of sp³-hybridized carbons (Fsp3) is 0.750. The molecule has 7 heteroatoms. The smallest absolute Gasteiger partial charge is 0.191 e. The van der Waals surface area contributed by atoms with Crippen molar-refractivity contribution in [3.63, 3.8) is 0 Å². The Morgan fingerprint density at radius 2 is 2.22 bits per heavy atom. The molecule has 2 rings (SSSR count). The number of hydrogen-bond donors (Lipinski definition) is 2. The molecule has 1 aromatic heterocycles. The second-order valence-corrected chi connectivity index (χ2v) is 5.63. The van der Waals surface area contributed by atoms with E-state index in [1.807, 2.05) is 6.07 Å². The largest absolute Gasteiger partial charge is 0.381 e. The summed E-state index contributed by atoms with van der Waals surface area (Å²) in [7, 11) is 0. The number of ether oxygens (including phenoxy) is 1. The lowest BCUT2D eigenvalue weighted by Crippen LogP contribution is -2.38. The van der Waals surface area contributed by atoms with Gasteiger partial charge in [0.2, 0.25) is 0 Å². The van der Waals surface area contributed by atoms with Crippen LogP contribution in [0.25, 0.3) is 0 Å². The van der Waals surface area contributed by atoms with Crippen molar-refractivity contribution >= 4 is 29.9 Å². The average molecular weight is 436 g/mol. The van der Waals surface area contributed by atoms with Crippen molar-refractivity contribution in [1.29, 1.82) is 0 Å². The van der Waals surface area contributed by atoms with E-state index < -0.39 is 0 Å². The lowest BCUT2D eigenvalue weighted by Gasteiger charge is -2.10. The summed E-state index contributed by atoms with van der Waals surface area (Å²) >= 11 is 0. The number of aliphatic imine (C=N–C) groups is 1. The number of hydrogen-bond acceptors (Lipinski definition) is 4. The number of guanidine groups is 1. The fourth-order valence-corrected chi connectivity index (χ4v) is 2.01. The van der Waals surface area contributed by atoms with E-state index >= 15 is 0 Å². The van der Waals surface area contributed by atoms with Crippen LogP contribution in [0.3, 0.4) is 0 Å². The molecule has 0 aliphatic heterocycles. The van der Waals surface area contributed by atoms with E-state index in [2.05, 4.69) is 34.6 Å². The molecule has 23 heavy (non-hydrogen) atoms. The molecule has 0 atom stereocenters. The lowest BCUT2D eigenvalue weighted by atomic mass is 10.3. The highest BCUT2D eigenvalue weighted by Gasteiger charge is 2.20. The second kappa shape index (κ2) is 11.7. The van der Waals surface area contributed by atoms with Crippen LogP contribution in [0.2, 0.25) is 0 Å². The third kappa shape index (κ3) is 8.55. The van der Waals surface area contributed by atoms with Crippen molar-refractivity contribution in [2.45, 2.75) is 46.1 Å². The molecule has 1 aliphatic carbocycles. The summed E-state index contributed by atoms with van der Waals surface area (Å²) in [6, 6.07) is 1.96. The highest BCUT2D eigenvalue weighted by Crippen LogP contribution is 2.28. The maximum Gasteiger partial charge on any atom is 0.191 e. The molecule has 6 nitrogen and oxygen atoms in total. The van der Waals surface area contributed by atoms with Crippen LogP contribution in [0.4, 0.5) is 0 Å². The predicted molar refractivity (Wildman–Crippen MR) is 102 cm³/mol. The standard InChI is InChI=1S/C16H28N4O2.HI/c1-3-14-10-15(22-20-14)11-19-16(17-4-2)18-8-5-9-21-12-13-6-7-13;/h10,13H,3-9,11-12H2,1-2H3,(H2,17,18,19);1H. The van der Waals surface area contributed by atoms with Crippen molar-refractivity contribution in [2.24, 2.45) is 10.9 Å². The molecule has 132 valence electrons. The van der Waals surface area contributed by atoms with Crippen LogP contribution in [0.5, 0.6) is 0 Å². The van der Waals surface area contributed by atoms with Crippen LogP contribution in [0.15, 0.2) is 15.6 Å². The second-order valence-electron chi connectivity index (χ2n) is 5.63. The maximum atomic E-state index is 5.62. The molecular weight excluding hydrogens is 407 g/mol. The minimum atomic E-state index is 0. The van der Waals surface area contributed by atoms with Crippen LogP contribution in [0, 0.1) is 5.92 Å². The van der Waals surface area contributed by atoms with Gasteiger partial charge in [0.05, 0.1) is 5.69 Å². The van der Waals surface area contributed by atoms with Crippen molar-refractivity contribution in [1.82, 2.24) is 15.8 Å². The minimum Gasteiger partial charge on any atom is -0.381 e. The number of aromatic nitrogens is 1. The molecule has 1 heterocycles. The van der Waals surface area contributed by atoms with Gasteiger partial charge in [0.25, 0.3) is 0 Å². The maximum absolute atomic E-state index is 5.62. The zero-order chi connectivity index (χ0) is 15.6. The molecule has 1 saturated carbocycles. The van der Waals surface area contributed by atoms with Crippen LogP contribution in [-0.2, 0) is 17.7 Å². The van der Waals surface area contributed by atoms with E-state index in [0.717, 1.165) is 62.5 Å². The van der Waals surface area contributed by atoms with Crippen molar-refractivity contribution in [2.75, 3.05) is 26.3 Å². The average Bonchev–Trinajstić information content (AvgIpc) is 3.24. The highest BCUT2D eigenvalue weighted by molar-refractivity contribution is 14.0. The molecule has 1 aliphatic rings. The van der Waals surface area contributed by atoms with Crippen molar-refractivity contribution < 1.29 is 9.26 Å². The van der Waals surface area contributed by atoms with Gasteiger partial charge in [0, 0.05) is 32.4 Å². The van der Waals surface area contributed by atoms with E-state index in [1.165, 1.54) is 12.8 Å². The van der Waals surface area contributed by atoms with Crippen molar-refractivity contribution in [3.8, 4) is 0 Å². The minimum absolute atomic E-state index is 0. The zero-order valence-corrected chi connectivity index (χ0v) is 16.5. The molecule has 0 saturated heterocycles. The Morgan fingerprint density at radius 3 is 2.87 bits per heavy atom. The summed E-state index contributed by atoms with van der Waals surface area (Å²) in [5, 5.41) is 10.5. The molecule has 0 aromatic carbocycles. The molecule has 0 spiro atoms. The molecule has 2 N–H and O–H groups in total. The topological polar surface area (TPSA) is 71.7 Å². The number of rotatable bonds is 10. The third-order valence-electron chi connectivity index (χ3n) is 3.52. The third-order valence-corrected chi connectivity index (χ3v) is 3.52. The Kier molecular flexibility index (Phi) is 10.3. The number of halogens is 1. The van der Waals surface area contributed by atoms with Gasteiger partial charge in [0.15, 0.2) is 11.7 Å². The van der Waals surface area contributed by atoms with Gasteiger partial charge in [-0.3, -0.25) is 0 Å². The van der Waals surface area contributed by atoms with E-state index in [1.54, 1.807) is 0 Å². The zero-order valence-electron chi connectivity index (χ0n) is 14.1. The number of nitrogens with zero attached hydrogens (tertiary/aromatic N) is 2. The van der Waals surface area contributed by atoms with Crippen LogP contribution in [0.1, 0.15) is 44.6 Å². The van der Waals surface area contributed by atoms with Gasteiger partial charge in [-0.25, -0.2) is 4.99 Å². The van der Waals surface area contributed by atoms with Gasteiger partial charge < -0.3 is 19.9 Å². The van der Waals surface area contributed by atoms with E-state index in [4.69, 9.17) is 9.26 Å². The van der Waals surface area contributed by atoms with Gasteiger partial charge in [-0.1, -0.05) is 12.1 Å². The summed E-state index contributed by atoms with van der Waals surface area (Å²) in [5.74, 6) is 2.43. The Hall–Kier alpha value is -0.830. The Labute approximate surface area is 155 Å². The Morgan fingerprint density at radius 1 is 1.39 bits per heavy atom. The summed E-state index contributed by atoms with van der Waals surface area (Å²) in [6.07, 6.45) is 4.56. The quantitative estimate of drug-likeness (QED) is 0.256. The van der Waals surface area contributed by atoms with E-state index in [9.17, 15) is 0 Å². The van der Waals surface area contributed by atoms with Crippen molar-refractivity contribution in [3.05, 3.63) is 17.5 Å². The summed E-state index contributed by atoms with van der Waals surface area (Å²) < 4.78 is 10.9. The van der Waals surface area contributed by atoms with Crippen LogP contribution in [-0.4, -0.2) is 37.4 Å². The Bertz CT molecular complexity index is 461. The molecule has 1 fully saturated rings. The Balaban J connectivity index is 0.00000264. The van der Waals surface area contributed by atoms with Gasteiger partial charge in [-0.05, 0) is 38.5 Å². The van der Waals surface area contributed by atoms with Crippen LogP contribution < -0.4 is 10.6 Å². The molecule has 1 aromatic rings. The molecular formula is C16H29IN4O2. The molecule has 0 bridgehead atoms. The van der Waals surface area contributed by atoms with Gasteiger partial charge >= 0.3 is 0 Å². The summed E-state index contributed by atoms with van der Waals surface area (Å²) in [5.41, 5.74) is 0.968. The normalized spacial score (nSPS) is 14.4. The monoisotopic (exact) mass is 436 g/mol. The first-order valence-corrected chi connectivity index (χ1v) is 8.36. The first-order valence-electron chi connectivity index (χ1n) is 8.36. The SMILES string of the molecule is CCNC(=NCc1cc(CC)no1)NCCCOCC1CC1.I. The van der Waals surface area contributed by atoms with E-state index in [0.29, 0.717) is 6.54 Å². The first-order chi connectivity index (χ1) is 10.8. The van der Waals surface area contributed by atoms with Gasteiger partial charge in [-0.15, -0.1) is 24.0 Å². The first kappa shape index (κ1) is 20.2. The van der Waals surface area contributed by atoms with Gasteiger partial charge in [-0.2, -0.15) is 0 Å². The van der Waals surface area contributed by atoms with Gasteiger partial charge in [0.1, 0.15) is 6.54 Å². The highest BCUT2D eigenvalue weighted by atomic mass is 127. The van der Waals surface area contributed by atoms with Crippen LogP contribution >= 0.6 is 24.0 Å². The molecule has 0 amide bonds. The fourth-order valence-electron chi connectivity index (χ4n) is 2.01. The lowest BCUT2D eigenvalue weighted by molar-refractivity contribution is 0.123. The summed E-state index contributed by atoms with van der Waals surface area (Å²) in [6.45, 7) is 8.04. The molecule has 0 unspecified atom stereocenters.